The van der Waals surface area contributed by atoms with E-state index in [0.29, 0.717) is 11.4 Å². The minimum Gasteiger partial charge on any atom is -0.389 e. The van der Waals surface area contributed by atoms with Crippen LogP contribution < -0.4 is 11.1 Å². The highest BCUT2D eigenvalue weighted by molar-refractivity contribution is 9.10. The van der Waals surface area contributed by atoms with Gasteiger partial charge in [0.2, 0.25) is 5.91 Å². The highest BCUT2D eigenvalue weighted by Crippen LogP contribution is 2.23. The summed E-state index contributed by atoms with van der Waals surface area (Å²) in [6.45, 7) is 0. The zero-order chi connectivity index (χ0) is 12.8. The molecule has 0 aromatic heterocycles. The van der Waals surface area contributed by atoms with E-state index in [2.05, 4.69) is 21.2 Å². The lowest BCUT2D eigenvalue weighted by Gasteiger charge is -2.08. The number of carbonyl (C=O) groups excluding carboxylic acids is 1. The van der Waals surface area contributed by atoms with Crippen LogP contribution in [0.1, 0.15) is 12.0 Å². The Balaban J connectivity index is 2.72. The topological polar surface area (TPSA) is 55.1 Å². The molecule has 0 aliphatic carbocycles. The van der Waals surface area contributed by atoms with Crippen molar-refractivity contribution < 1.29 is 4.79 Å². The van der Waals surface area contributed by atoms with Gasteiger partial charge in [-0.05, 0) is 40.4 Å². The molecule has 3 N–H and O–H groups in total. The number of thioether (sulfide) groups is 1. The number of thiocarbonyl (C=S) groups is 1. The van der Waals surface area contributed by atoms with Crippen molar-refractivity contribution in [2.24, 2.45) is 5.73 Å². The molecule has 0 heterocycles. The van der Waals surface area contributed by atoms with Crippen molar-refractivity contribution in [2.75, 3.05) is 17.3 Å². The standard InChI is InChI=1S/C11H13BrN2OS2/c1-17-5-4-10(15)14-9-3-2-7(11(13)16)6-8(9)12/h2-3,6H,4-5H2,1H3,(H2,13,16)(H,14,15). The van der Waals surface area contributed by atoms with Crippen LogP contribution in [0.4, 0.5) is 5.69 Å². The van der Waals surface area contributed by atoms with E-state index in [1.54, 1.807) is 30.0 Å². The van der Waals surface area contributed by atoms with Crippen LogP contribution in [0.2, 0.25) is 0 Å². The number of halogens is 1. The van der Waals surface area contributed by atoms with Gasteiger partial charge in [-0.2, -0.15) is 11.8 Å². The molecular formula is C11H13BrN2OS2. The number of carbonyl (C=O) groups is 1. The number of hydrogen-bond donors (Lipinski definition) is 2. The Hall–Kier alpha value is -0.590. The number of anilines is 1. The fourth-order valence-electron chi connectivity index (χ4n) is 1.18. The first-order valence-corrected chi connectivity index (χ1v) is 7.52. The summed E-state index contributed by atoms with van der Waals surface area (Å²) >= 11 is 9.90. The third kappa shape index (κ3) is 4.65. The van der Waals surface area contributed by atoms with E-state index in [4.69, 9.17) is 18.0 Å². The largest absolute Gasteiger partial charge is 0.389 e. The third-order valence-corrected chi connectivity index (χ3v) is 3.57. The molecule has 17 heavy (non-hydrogen) atoms. The quantitative estimate of drug-likeness (QED) is 0.814. The van der Waals surface area contributed by atoms with Crippen LogP contribution in [-0.4, -0.2) is 22.9 Å². The average molecular weight is 333 g/mol. The molecule has 0 radical (unpaired) electrons. The summed E-state index contributed by atoms with van der Waals surface area (Å²) in [5.41, 5.74) is 7.02. The van der Waals surface area contributed by atoms with Crippen LogP contribution in [0, 0.1) is 0 Å². The Morgan fingerprint density at radius 1 is 1.59 bits per heavy atom. The first-order chi connectivity index (χ1) is 8.04. The van der Waals surface area contributed by atoms with Crippen LogP contribution in [0.15, 0.2) is 22.7 Å². The molecular weight excluding hydrogens is 320 g/mol. The molecule has 1 amide bonds. The molecule has 0 atom stereocenters. The Morgan fingerprint density at radius 2 is 2.29 bits per heavy atom. The summed E-state index contributed by atoms with van der Waals surface area (Å²) < 4.78 is 0.778. The monoisotopic (exact) mass is 332 g/mol. The Bertz CT molecular complexity index is 437. The van der Waals surface area contributed by atoms with Crippen LogP contribution in [0.5, 0.6) is 0 Å². The van der Waals surface area contributed by atoms with Crippen LogP contribution in [0.25, 0.3) is 0 Å². The summed E-state index contributed by atoms with van der Waals surface area (Å²) in [5, 5.41) is 2.83. The summed E-state index contributed by atoms with van der Waals surface area (Å²) in [4.78, 5) is 11.9. The molecule has 1 aromatic rings. The number of benzene rings is 1. The second kappa shape index (κ2) is 6.98. The van der Waals surface area contributed by atoms with E-state index in [1.165, 1.54) is 0 Å². The van der Waals surface area contributed by atoms with E-state index in [9.17, 15) is 4.79 Å². The van der Waals surface area contributed by atoms with Crippen molar-refractivity contribution >= 4 is 56.5 Å². The summed E-state index contributed by atoms with van der Waals surface area (Å²) in [6.07, 6.45) is 2.48. The van der Waals surface area contributed by atoms with Crippen molar-refractivity contribution in [1.82, 2.24) is 0 Å². The lowest BCUT2D eigenvalue weighted by Crippen LogP contribution is -2.13. The first kappa shape index (κ1) is 14.5. The SMILES string of the molecule is CSCCC(=O)Nc1ccc(C(N)=S)cc1Br. The van der Waals surface area contributed by atoms with Gasteiger partial charge in [0.1, 0.15) is 4.99 Å². The maximum absolute atomic E-state index is 11.5. The Morgan fingerprint density at radius 3 is 2.82 bits per heavy atom. The lowest BCUT2D eigenvalue weighted by molar-refractivity contribution is -0.115. The molecule has 0 spiro atoms. The maximum Gasteiger partial charge on any atom is 0.225 e. The van der Waals surface area contributed by atoms with Gasteiger partial charge >= 0.3 is 0 Å². The molecule has 0 aliphatic heterocycles. The van der Waals surface area contributed by atoms with Gasteiger partial charge in [0.05, 0.1) is 5.69 Å². The predicted octanol–water partition coefficient (Wildman–Crippen LogP) is 2.77. The predicted molar refractivity (Wildman–Crippen MR) is 81.7 cm³/mol. The van der Waals surface area contributed by atoms with Crippen LogP contribution in [-0.2, 0) is 4.79 Å². The third-order valence-electron chi connectivity index (χ3n) is 2.06. The number of hydrogen-bond acceptors (Lipinski definition) is 3. The Kier molecular flexibility index (Phi) is 5.94. The smallest absolute Gasteiger partial charge is 0.225 e. The van der Waals surface area contributed by atoms with Crippen molar-refractivity contribution in [2.45, 2.75) is 6.42 Å². The number of amides is 1. The molecule has 0 bridgehead atoms. The van der Waals surface area contributed by atoms with Gasteiger partial charge in [0.15, 0.2) is 0 Å². The highest BCUT2D eigenvalue weighted by Gasteiger charge is 2.06. The van der Waals surface area contributed by atoms with E-state index in [1.807, 2.05) is 6.26 Å². The second-order valence-electron chi connectivity index (χ2n) is 3.35. The maximum atomic E-state index is 11.5. The summed E-state index contributed by atoms with van der Waals surface area (Å²) in [5.74, 6) is 0.817. The van der Waals surface area contributed by atoms with Crippen LogP contribution >= 0.6 is 39.9 Å². The zero-order valence-electron chi connectivity index (χ0n) is 9.33. The van der Waals surface area contributed by atoms with E-state index < -0.39 is 0 Å². The molecule has 0 aliphatic rings. The van der Waals surface area contributed by atoms with Gasteiger partial charge in [0.25, 0.3) is 0 Å². The molecule has 0 saturated heterocycles. The fraction of sp³-hybridized carbons (Fsp3) is 0.273. The van der Waals surface area contributed by atoms with Crippen molar-refractivity contribution in [3.05, 3.63) is 28.2 Å². The molecule has 0 fully saturated rings. The molecule has 6 heteroatoms. The van der Waals surface area contributed by atoms with Gasteiger partial charge in [-0.3, -0.25) is 4.79 Å². The van der Waals surface area contributed by atoms with E-state index in [0.717, 1.165) is 21.5 Å². The number of rotatable bonds is 5. The second-order valence-corrected chi connectivity index (χ2v) is 5.63. The summed E-state index contributed by atoms with van der Waals surface area (Å²) in [7, 11) is 0. The van der Waals surface area contributed by atoms with Crippen molar-refractivity contribution in [3.8, 4) is 0 Å². The lowest BCUT2D eigenvalue weighted by atomic mass is 10.2. The van der Waals surface area contributed by atoms with Gasteiger partial charge in [-0.15, -0.1) is 0 Å². The molecule has 1 rings (SSSR count). The fourth-order valence-corrected chi connectivity index (χ4v) is 2.17. The highest BCUT2D eigenvalue weighted by atomic mass is 79.9. The summed E-state index contributed by atoms with van der Waals surface area (Å²) in [6, 6.07) is 5.37. The molecule has 3 nitrogen and oxygen atoms in total. The minimum absolute atomic E-state index is 0.00289. The molecule has 0 unspecified atom stereocenters. The minimum atomic E-state index is 0.00289. The van der Waals surface area contributed by atoms with Crippen LogP contribution in [0.3, 0.4) is 0 Å². The Labute approximate surface area is 119 Å². The number of nitrogens with one attached hydrogen (secondary N) is 1. The first-order valence-electron chi connectivity index (χ1n) is 4.92. The molecule has 92 valence electrons. The van der Waals surface area contributed by atoms with Crippen molar-refractivity contribution in [1.29, 1.82) is 0 Å². The number of nitrogens with two attached hydrogens (primary N) is 1. The normalized spacial score (nSPS) is 10.0. The van der Waals surface area contributed by atoms with E-state index >= 15 is 0 Å². The van der Waals surface area contributed by atoms with E-state index in [-0.39, 0.29) is 5.91 Å². The molecule has 1 aromatic carbocycles. The van der Waals surface area contributed by atoms with Gasteiger partial charge in [-0.25, -0.2) is 0 Å². The average Bonchev–Trinajstić information content (AvgIpc) is 2.28. The zero-order valence-corrected chi connectivity index (χ0v) is 12.5. The van der Waals surface area contributed by atoms with Gasteiger partial charge in [0, 0.05) is 22.2 Å². The van der Waals surface area contributed by atoms with Gasteiger partial charge in [-0.1, -0.05) is 12.2 Å². The van der Waals surface area contributed by atoms with Crippen molar-refractivity contribution in [3.63, 3.8) is 0 Å². The molecule has 0 saturated carbocycles. The van der Waals surface area contributed by atoms with Gasteiger partial charge < -0.3 is 11.1 Å².